The zero-order valence-corrected chi connectivity index (χ0v) is 10.5. The maximum Gasteiger partial charge on any atom is 0.244 e. The Bertz CT molecular complexity index is 414. The molecule has 0 heterocycles. The van der Waals surface area contributed by atoms with Gasteiger partial charge in [-0.2, -0.15) is 0 Å². The summed E-state index contributed by atoms with van der Waals surface area (Å²) in [6.07, 6.45) is 1.03. The summed E-state index contributed by atoms with van der Waals surface area (Å²) in [5.74, 6) is -0.787. The van der Waals surface area contributed by atoms with E-state index in [-0.39, 0.29) is 11.6 Å². The molecule has 0 aliphatic rings. The minimum atomic E-state index is -0.934. The molecule has 3 nitrogen and oxygen atoms in total. The van der Waals surface area contributed by atoms with Crippen LogP contribution in [0, 0.1) is 12.7 Å². The third-order valence-corrected chi connectivity index (χ3v) is 3.08. The lowest BCUT2D eigenvalue weighted by molar-refractivity contribution is -0.121. The number of rotatable bonds is 4. The van der Waals surface area contributed by atoms with Crippen molar-refractivity contribution in [3.8, 4) is 0 Å². The number of hydrogen-bond donors (Lipinski definition) is 2. The zero-order chi connectivity index (χ0) is 13.1. The molecular formula is C13H19FN2O. The summed E-state index contributed by atoms with van der Waals surface area (Å²) in [5, 5.41) is 2.55. The summed E-state index contributed by atoms with van der Waals surface area (Å²) in [7, 11) is 0. The van der Waals surface area contributed by atoms with E-state index in [1.165, 1.54) is 6.07 Å². The molecule has 17 heavy (non-hydrogen) atoms. The molecule has 1 aromatic carbocycles. The summed E-state index contributed by atoms with van der Waals surface area (Å²) in [6.45, 7) is 5.52. The highest BCUT2D eigenvalue weighted by Gasteiger charge is 2.30. The second kappa shape index (κ2) is 5.27. The van der Waals surface area contributed by atoms with Crippen molar-refractivity contribution in [3.63, 3.8) is 0 Å². The van der Waals surface area contributed by atoms with Crippen LogP contribution in [0.1, 0.15) is 32.3 Å². The SMILES string of the molecule is CCC(N)(CC)C(=O)Nc1cc(C)ccc1F. The van der Waals surface area contributed by atoms with Crippen LogP contribution in [-0.4, -0.2) is 11.4 Å². The number of nitrogens with one attached hydrogen (secondary N) is 1. The minimum Gasteiger partial charge on any atom is -0.322 e. The van der Waals surface area contributed by atoms with Gasteiger partial charge in [0.2, 0.25) is 5.91 Å². The molecule has 0 aromatic heterocycles. The lowest BCUT2D eigenvalue weighted by atomic mass is 9.93. The Hall–Kier alpha value is -1.42. The zero-order valence-electron chi connectivity index (χ0n) is 10.5. The van der Waals surface area contributed by atoms with Gasteiger partial charge in [-0.3, -0.25) is 4.79 Å². The first-order valence-electron chi connectivity index (χ1n) is 5.79. The van der Waals surface area contributed by atoms with E-state index in [1.54, 1.807) is 12.1 Å². The van der Waals surface area contributed by atoms with Crippen molar-refractivity contribution >= 4 is 11.6 Å². The number of benzene rings is 1. The quantitative estimate of drug-likeness (QED) is 0.847. The first kappa shape index (κ1) is 13.6. The van der Waals surface area contributed by atoms with E-state index in [1.807, 2.05) is 20.8 Å². The molecule has 0 radical (unpaired) electrons. The molecule has 0 aliphatic carbocycles. The van der Waals surface area contributed by atoms with Gasteiger partial charge in [-0.25, -0.2) is 4.39 Å². The van der Waals surface area contributed by atoms with Crippen LogP contribution in [0.25, 0.3) is 0 Å². The summed E-state index contributed by atoms with van der Waals surface area (Å²) < 4.78 is 13.5. The predicted molar refractivity (Wildman–Crippen MR) is 67.3 cm³/mol. The van der Waals surface area contributed by atoms with E-state index >= 15 is 0 Å². The standard InChI is InChI=1S/C13H19FN2O/c1-4-13(15,5-2)12(17)16-11-8-9(3)6-7-10(11)14/h6-8H,4-5,15H2,1-3H3,(H,16,17). The molecule has 1 aromatic rings. The molecule has 0 spiro atoms. The van der Waals surface area contributed by atoms with Gasteiger partial charge in [-0.1, -0.05) is 19.9 Å². The molecular weight excluding hydrogens is 219 g/mol. The molecule has 1 amide bonds. The van der Waals surface area contributed by atoms with E-state index in [9.17, 15) is 9.18 Å². The molecule has 0 unspecified atom stereocenters. The number of hydrogen-bond acceptors (Lipinski definition) is 2. The summed E-state index contributed by atoms with van der Waals surface area (Å²) in [6, 6.07) is 4.58. The highest BCUT2D eigenvalue weighted by molar-refractivity contribution is 5.98. The van der Waals surface area contributed by atoms with Crippen LogP contribution < -0.4 is 11.1 Å². The van der Waals surface area contributed by atoms with E-state index in [0.29, 0.717) is 12.8 Å². The van der Waals surface area contributed by atoms with Crippen molar-refractivity contribution in [1.82, 2.24) is 0 Å². The Morgan fingerprint density at radius 2 is 2.00 bits per heavy atom. The van der Waals surface area contributed by atoms with E-state index in [4.69, 9.17) is 5.73 Å². The van der Waals surface area contributed by atoms with Gasteiger partial charge < -0.3 is 11.1 Å². The first-order chi connectivity index (χ1) is 7.92. The normalized spacial score (nSPS) is 11.4. The van der Waals surface area contributed by atoms with Gasteiger partial charge in [0.05, 0.1) is 11.2 Å². The second-order valence-electron chi connectivity index (χ2n) is 4.30. The number of aryl methyl sites for hydroxylation is 1. The fourth-order valence-electron chi connectivity index (χ4n) is 1.55. The van der Waals surface area contributed by atoms with Crippen molar-refractivity contribution < 1.29 is 9.18 Å². The van der Waals surface area contributed by atoms with Crippen LogP contribution in [0.2, 0.25) is 0 Å². The molecule has 3 N–H and O–H groups in total. The van der Waals surface area contributed by atoms with Crippen LogP contribution in [0.5, 0.6) is 0 Å². The minimum absolute atomic E-state index is 0.187. The average Bonchev–Trinajstić information content (AvgIpc) is 2.32. The number of anilines is 1. The number of halogens is 1. The molecule has 1 rings (SSSR count). The molecule has 0 saturated heterocycles. The van der Waals surface area contributed by atoms with Crippen LogP contribution in [-0.2, 0) is 4.79 Å². The van der Waals surface area contributed by atoms with Gasteiger partial charge in [-0.15, -0.1) is 0 Å². The molecule has 4 heteroatoms. The van der Waals surface area contributed by atoms with Crippen molar-refractivity contribution in [1.29, 1.82) is 0 Å². The maximum atomic E-state index is 13.5. The van der Waals surface area contributed by atoms with Crippen molar-refractivity contribution in [2.24, 2.45) is 5.73 Å². The van der Waals surface area contributed by atoms with Crippen LogP contribution in [0.3, 0.4) is 0 Å². The molecule has 0 fully saturated rings. The van der Waals surface area contributed by atoms with Crippen molar-refractivity contribution in [3.05, 3.63) is 29.6 Å². The Balaban J connectivity index is 2.91. The smallest absolute Gasteiger partial charge is 0.244 e. The van der Waals surface area contributed by atoms with Gasteiger partial charge in [0.1, 0.15) is 5.82 Å². The molecule has 0 bridgehead atoms. The highest BCUT2D eigenvalue weighted by atomic mass is 19.1. The fourth-order valence-corrected chi connectivity index (χ4v) is 1.55. The van der Waals surface area contributed by atoms with Crippen molar-refractivity contribution in [2.45, 2.75) is 39.2 Å². The van der Waals surface area contributed by atoms with Crippen LogP contribution in [0.15, 0.2) is 18.2 Å². The number of nitrogens with two attached hydrogens (primary N) is 1. The van der Waals surface area contributed by atoms with Gasteiger partial charge in [0.25, 0.3) is 0 Å². The average molecular weight is 238 g/mol. The van der Waals surface area contributed by atoms with E-state index in [2.05, 4.69) is 5.32 Å². The Labute approximate surface area is 101 Å². The van der Waals surface area contributed by atoms with Gasteiger partial charge in [-0.05, 0) is 37.5 Å². The molecule has 0 atom stereocenters. The van der Waals surface area contributed by atoms with Gasteiger partial charge in [0, 0.05) is 0 Å². The lowest BCUT2D eigenvalue weighted by Gasteiger charge is -2.25. The number of carbonyl (C=O) groups is 1. The second-order valence-corrected chi connectivity index (χ2v) is 4.30. The molecule has 0 aliphatic heterocycles. The highest BCUT2D eigenvalue weighted by Crippen LogP contribution is 2.19. The number of amides is 1. The summed E-state index contributed by atoms with van der Waals surface area (Å²) in [4.78, 5) is 12.0. The largest absolute Gasteiger partial charge is 0.322 e. The van der Waals surface area contributed by atoms with Crippen molar-refractivity contribution in [2.75, 3.05) is 5.32 Å². The van der Waals surface area contributed by atoms with Gasteiger partial charge >= 0.3 is 0 Å². The van der Waals surface area contributed by atoms with E-state index in [0.717, 1.165) is 5.56 Å². The molecule has 0 saturated carbocycles. The fraction of sp³-hybridized carbons (Fsp3) is 0.462. The van der Waals surface area contributed by atoms with Gasteiger partial charge in [0.15, 0.2) is 0 Å². The van der Waals surface area contributed by atoms with E-state index < -0.39 is 11.4 Å². The third-order valence-electron chi connectivity index (χ3n) is 3.08. The summed E-state index contributed by atoms with van der Waals surface area (Å²) in [5.41, 5.74) is 6.08. The number of carbonyl (C=O) groups excluding carboxylic acids is 1. The van der Waals surface area contributed by atoms with Crippen LogP contribution in [0.4, 0.5) is 10.1 Å². The van der Waals surface area contributed by atoms with Crippen LogP contribution >= 0.6 is 0 Å². The third kappa shape index (κ3) is 3.03. The topological polar surface area (TPSA) is 55.1 Å². The predicted octanol–water partition coefficient (Wildman–Crippen LogP) is 2.59. The Morgan fingerprint density at radius 1 is 1.41 bits per heavy atom. The Kier molecular flexibility index (Phi) is 4.23. The lowest BCUT2D eigenvalue weighted by Crippen LogP contribution is -2.50. The summed E-state index contributed by atoms with van der Waals surface area (Å²) >= 11 is 0. The maximum absolute atomic E-state index is 13.5. The monoisotopic (exact) mass is 238 g/mol. The molecule has 94 valence electrons. The first-order valence-corrected chi connectivity index (χ1v) is 5.79. The Morgan fingerprint density at radius 3 is 2.53 bits per heavy atom.